The highest BCUT2D eigenvalue weighted by molar-refractivity contribution is 6.43. The number of hydrogen-bond donors (Lipinski definition) is 1. The number of amides is 2. The fourth-order valence-corrected chi connectivity index (χ4v) is 2.91. The Morgan fingerprint density at radius 3 is 2.62 bits per heavy atom. The molecule has 7 heteroatoms. The average Bonchev–Trinajstić information content (AvgIpc) is 3.09. The highest BCUT2D eigenvalue weighted by atomic mass is 16.2. The molecule has 2 heterocycles. The second kappa shape index (κ2) is 6.44. The first kappa shape index (κ1) is 16.0. The summed E-state index contributed by atoms with van der Waals surface area (Å²) >= 11 is 0. The van der Waals surface area contributed by atoms with Crippen molar-refractivity contribution in [2.24, 2.45) is 5.10 Å². The quantitative estimate of drug-likeness (QED) is 0.791. The SMILES string of the molecule is CN1N=C(C(=O)Nc2ccc(-n3cnc4ccccc43)cc2)CCC1=O. The van der Waals surface area contributed by atoms with Gasteiger partial charge in [-0.3, -0.25) is 14.2 Å². The molecule has 0 aliphatic carbocycles. The van der Waals surface area contributed by atoms with E-state index in [1.165, 1.54) is 5.01 Å². The van der Waals surface area contributed by atoms with Crippen LogP contribution in [0.15, 0.2) is 60.0 Å². The van der Waals surface area contributed by atoms with E-state index >= 15 is 0 Å². The van der Waals surface area contributed by atoms with Crippen molar-refractivity contribution in [2.45, 2.75) is 12.8 Å². The van der Waals surface area contributed by atoms with Crippen LogP contribution in [0.5, 0.6) is 0 Å². The Labute approximate surface area is 149 Å². The summed E-state index contributed by atoms with van der Waals surface area (Å²) in [6.07, 6.45) is 2.44. The molecule has 1 aliphatic heterocycles. The van der Waals surface area contributed by atoms with Gasteiger partial charge in [-0.2, -0.15) is 5.10 Å². The number of nitrogens with one attached hydrogen (secondary N) is 1. The first-order valence-corrected chi connectivity index (χ1v) is 8.30. The molecule has 0 bridgehead atoms. The molecule has 0 fully saturated rings. The Bertz CT molecular complexity index is 1020. The molecule has 0 unspecified atom stereocenters. The van der Waals surface area contributed by atoms with Crippen LogP contribution in [0, 0.1) is 0 Å². The molecule has 1 N–H and O–H groups in total. The van der Waals surface area contributed by atoms with E-state index in [4.69, 9.17) is 0 Å². The number of hydrogen-bond acceptors (Lipinski definition) is 4. The minimum Gasteiger partial charge on any atom is -0.321 e. The highest BCUT2D eigenvalue weighted by Gasteiger charge is 2.21. The standard InChI is InChI=1S/C19H17N5O2/c1-23-18(25)11-10-16(22-23)19(26)21-13-6-8-14(9-7-13)24-12-20-15-4-2-3-5-17(15)24/h2-9,12H,10-11H2,1H3,(H,21,26). The summed E-state index contributed by atoms with van der Waals surface area (Å²) < 4.78 is 1.99. The van der Waals surface area contributed by atoms with Crippen LogP contribution in [-0.2, 0) is 9.59 Å². The number of carbonyl (C=O) groups excluding carboxylic acids is 2. The fraction of sp³-hybridized carbons (Fsp3) is 0.158. The van der Waals surface area contributed by atoms with Crippen molar-refractivity contribution < 1.29 is 9.59 Å². The number of aromatic nitrogens is 2. The maximum atomic E-state index is 12.3. The van der Waals surface area contributed by atoms with E-state index in [0.29, 0.717) is 24.2 Å². The van der Waals surface area contributed by atoms with Crippen LogP contribution in [0.3, 0.4) is 0 Å². The number of imidazole rings is 1. The van der Waals surface area contributed by atoms with Crippen LogP contribution >= 0.6 is 0 Å². The normalized spacial score (nSPS) is 14.4. The number of hydrazone groups is 1. The van der Waals surface area contributed by atoms with Gasteiger partial charge in [0, 0.05) is 31.3 Å². The zero-order valence-electron chi connectivity index (χ0n) is 14.2. The first-order chi connectivity index (χ1) is 12.6. The van der Waals surface area contributed by atoms with Gasteiger partial charge in [-0.15, -0.1) is 0 Å². The topological polar surface area (TPSA) is 79.6 Å². The number of para-hydroxylation sites is 2. The summed E-state index contributed by atoms with van der Waals surface area (Å²) in [5.41, 5.74) is 3.94. The lowest BCUT2D eigenvalue weighted by molar-refractivity contribution is -0.130. The Hall–Kier alpha value is -3.48. The second-order valence-electron chi connectivity index (χ2n) is 6.07. The summed E-state index contributed by atoms with van der Waals surface area (Å²) in [6, 6.07) is 15.4. The summed E-state index contributed by atoms with van der Waals surface area (Å²) in [5.74, 6) is -0.372. The summed E-state index contributed by atoms with van der Waals surface area (Å²) in [5, 5.41) is 8.07. The maximum absolute atomic E-state index is 12.3. The third-order valence-corrected chi connectivity index (χ3v) is 4.33. The molecule has 1 aliphatic rings. The molecule has 4 rings (SSSR count). The molecule has 3 aromatic rings. The molecule has 26 heavy (non-hydrogen) atoms. The van der Waals surface area contributed by atoms with Crippen molar-refractivity contribution in [3.8, 4) is 5.69 Å². The van der Waals surface area contributed by atoms with Crippen molar-refractivity contribution >= 4 is 34.2 Å². The van der Waals surface area contributed by atoms with Gasteiger partial charge in [0.25, 0.3) is 5.91 Å². The van der Waals surface area contributed by atoms with Gasteiger partial charge in [-0.25, -0.2) is 9.99 Å². The Kier molecular flexibility index (Phi) is 3.96. The number of fused-ring (bicyclic) bond motifs is 1. The third kappa shape index (κ3) is 2.95. The maximum Gasteiger partial charge on any atom is 0.271 e. The predicted molar refractivity (Wildman–Crippen MR) is 99.1 cm³/mol. The van der Waals surface area contributed by atoms with Crippen LogP contribution in [0.4, 0.5) is 5.69 Å². The van der Waals surface area contributed by atoms with E-state index in [2.05, 4.69) is 15.4 Å². The monoisotopic (exact) mass is 347 g/mol. The van der Waals surface area contributed by atoms with Gasteiger partial charge in [0.15, 0.2) is 0 Å². The number of anilines is 1. The smallest absolute Gasteiger partial charge is 0.271 e. The minimum absolute atomic E-state index is 0.0848. The van der Waals surface area contributed by atoms with Gasteiger partial charge >= 0.3 is 0 Å². The molecule has 0 saturated heterocycles. The van der Waals surface area contributed by atoms with Crippen molar-refractivity contribution in [1.82, 2.24) is 14.6 Å². The number of nitrogens with zero attached hydrogens (tertiary/aromatic N) is 4. The molecule has 0 radical (unpaired) electrons. The summed E-state index contributed by atoms with van der Waals surface area (Å²) in [4.78, 5) is 28.1. The molecular formula is C19H17N5O2. The lowest BCUT2D eigenvalue weighted by Crippen LogP contribution is -2.34. The van der Waals surface area contributed by atoms with E-state index in [0.717, 1.165) is 16.7 Å². The van der Waals surface area contributed by atoms with Gasteiger partial charge in [0.05, 0.1) is 11.0 Å². The van der Waals surface area contributed by atoms with Gasteiger partial charge in [0.2, 0.25) is 5.91 Å². The Morgan fingerprint density at radius 2 is 1.85 bits per heavy atom. The zero-order chi connectivity index (χ0) is 18.1. The molecule has 2 aromatic carbocycles. The van der Waals surface area contributed by atoms with Gasteiger partial charge < -0.3 is 5.32 Å². The molecule has 0 saturated carbocycles. The average molecular weight is 347 g/mol. The van der Waals surface area contributed by atoms with E-state index in [9.17, 15) is 9.59 Å². The van der Waals surface area contributed by atoms with Crippen LogP contribution in [0.1, 0.15) is 12.8 Å². The molecule has 1 aromatic heterocycles. The Balaban J connectivity index is 1.52. The van der Waals surface area contributed by atoms with Crippen LogP contribution < -0.4 is 5.32 Å². The van der Waals surface area contributed by atoms with E-state index in [1.807, 2.05) is 53.1 Å². The molecule has 0 atom stereocenters. The Morgan fingerprint density at radius 1 is 1.08 bits per heavy atom. The lowest BCUT2D eigenvalue weighted by atomic mass is 10.1. The largest absolute Gasteiger partial charge is 0.321 e. The lowest BCUT2D eigenvalue weighted by Gasteiger charge is -2.19. The van der Waals surface area contributed by atoms with Crippen molar-refractivity contribution in [3.63, 3.8) is 0 Å². The van der Waals surface area contributed by atoms with Crippen LogP contribution in [-0.4, -0.2) is 39.1 Å². The van der Waals surface area contributed by atoms with E-state index < -0.39 is 0 Å². The number of rotatable bonds is 3. The molecule has 130 valence electrons. The molecule has 2 amide bonds. The van der Waals surface area contributed by atoms with Crippen LogP contribution in [0.2, 0.25) is 0 Å². The van der Waals surface area contributed by atoms with Gasteiger partial charge in [-0.05, 0) is 36.4 Å². The number of carbonyl (C=O) groups is 2. The summed E-state index contributed by atoms with van der Waals surface area (Å²) in [6.45, 7) is 0. The van der Waals surface area contributed by atoms with E-state index in [1.54, 1.807) is 13.4 Å². The minimum atomic E-state index is -0.287. The zero-order valence-corrected chi connectivity index (χ0v) is 14.2. The van der Waals surface area contributed by atoms with Crippen molar-refractivity contribution in [1.29, 1.82) is 0 Å². The molecule has 0 spiro atoms. The van der Waals surface area contributed by atoms with Crippen molar-refractivity contribution in [2.75, 3.05) is 12.4 Å². The first-order valence-electron chi connectivity index (χ1n) is 8.30. The highest BCUT2D eigenvalue weighted by Crippen LogP contribution is 2.20. The molecular weight excluding hydrogens is 330 g/mol. The van der Waals surface area contributed by atoms with Gasteiger partial charge in [-0.1, -0.05) is 12.1 Å². The second-order valence-corrected chi connectivity index (χ2v) is 6.07. The van der Waals surface area contributed by atoms with E-state index in [-0.39, 0.29) is 11.8 Å². The van der Waals surface area contributed by atoms with Crippen molar-refractivity contribution in [3.05, 3.63) is 54.9 Å². The number of benzene rings is 2. The summed E-state index contributed by atoms with van der Waals surface area (Å²) in [7, 11) is 1.55. The third-order valence-electron chi connectivity index (χ3n) is 4.33. The molecule has 7 nitrogen and oxygen atoms in total. The van der Waals surface area contributed by atoms with Gasteiger partial charge in [0.1, 0.15) is 12.0 Å². The van der Waals surface area contributed by atoms with Crippen LogP contribution in [0.25, 0.3) is 16.7 Å². The predicted octanol–water partition coefficient (Wildman–Crippen LogP) is 2.57. The fourth-order valence-electron chi connectivity index (χ4n) is 2.91.